The van der Waals surface area contributed by atoms with Crippen LogP contribution in [-0.2, 0) is 29.0 Å². The Morgan fingerprint density at radius 2 is 1.93 bits per heavy atom. The quantitative estimate of drug-likeness (QED) is 0.229. The fourth-order valence-corrected chi connectivity index (χ4v) is 5.42. The molecule has 218 valence electrons. The first-order chi connectivity index (χ1) is 20.0. The molecular weight excluding hydrogens is 586 g/mol. The number of pyridine rings is 1. The zero-order valence-corrected chi connectivity index (χ0v) is 23.1. The number of aliphatic hydroxyl groups is 1. The second-order valence-electron chi connectivity index (χ2n) is 9.14. The largest absolute Gasteiger partial charge is 0.416 e. The molecule has 7 nitrogen and oxygen atoms in total. The van der Waals surface area contributed by atoms with Crippen LogP contribution in [-0.4, -0.2) is 48.0 Å². The average molecular weight is 614 g/mol. The summed E-state index contributed by atoms with van der Waals surface area (Å²) in [5.41, 5.74) is -0.400. The van der Waals surface area contributed by atoms with Gasteiger partial charge in [-0.1, -0.05) is 24.6 Å². The fourth-order valence-electron chi connectivity index (χ4n) is 4.43. The molecule has 2 N–H and O–H groups in total. The van der Waals surface area contributed by atoms with Crippen molar-refractivity contribution in [1.29, 1.82) is 0 Å². The number of nitrogens with one attached hydrogen (secondary N) is 1. The highest BCUT2D eigenvalue weighted by atomic mass is 35.5. The van der Waals surface area contributed by atoms with Crippen LogP contribution in [0.2, 0.25) is 5.02 Å². The van der Waals surface area contributed by atoms with Crippen molar-refractivity contribution in [3.05, 3.63) is 93.9 Å². The molecule has 0 spiro atoms. The smallest absolute Gasteiger partial charge is 0.394 e. The number of halogens is 5. The Kier molecular flexibility index (Phi) is 8.22. The molecule has 1 amide bonds. The van der Waals surface area contributed by atoms with Crippen molar-refractivity contribution >= 4 is 38.2 Å². The van der Waals surface area contributed by atoms with Crippen LogP contribution in [0.5, 0.6) is 0 Å². The van der Waals surface area contributed by atoms with Crippen molar-refractivity contribution in [3.8, 4) is 0 Å². The van der Waals surface area contributed by atoms with Gasteiger partial charge in [-0.15, -0.1) is 0 Å². The summed E-state index contributed by atoms with van der Waals surface area (Å²) in [5, 5.41) is 12.7. The molecule has 1 atom stereocenters. The number of amides is 1. The first-order valence-electron chi connectivity index (χ1n) is 13.3. The summed E-state index contributed by atoms with van der Waals surface area (Å²) in [6.07, 6.45) is -3.92. The van der Waals surface area contributed by atoms with Crippen molar-refractivity contribution in [2.75, 3.05) is 19.0 Å². The number of aliphatic hydroxyl groups excluding tert-OH is 1. The molecule has 2 aromatic heterocycles. The topological polar surface area (TPSA) is 101 Å². The van der Waals surface area contributed by atoms with E-state index in [1.807, 2.05) is 0 Å². The van der Waals surface area contributed by atoms with Gasteiger partial charge < -0.3 is 15.0 Å². The van der Waals surface area contributed by atoms with Crippen molar-refractivity contribution in [3.63, 3.8) is 0 Å². The minimum absolute atomic E-state index is 0.00820. The van der Waals surface area contributed by atoms with Crippen LogP contribution < -0.4 is 5.32 Å². The minimum atomic E-state index is -4.72. The number of rotatable bonds is 10. The van der Waals surface area contributed by atoms with E-state index in [9.17, 15) is 35.9 Å². The molecule has 41 heavy (non-hydrogen) atoms. The number of carbonyl (C=O) groups excluding carboxylic acids is 1. The molecule has 4 rings (SSSR count). The maximum Gasteiger partial charge on any atom is 0.416 e. The average Bonchev–Trinajstić information content (AvgIpc) is 3.26. The van der Waals surface area contributed by atoms with Gasteiger partial charge in [-0.05, 0) is 54.1 Å². The predicted molar refractivity (Wildman–Crippen MR) is 146 cm³/mol. The van der Waals surface area contributed by atoms with Crippen LogP contribution in [0.25, 0.3) is 10.9 Å². The van der Waals surface area contributed by atoms with E-state index >= 15 is 0 Å². The van der Waals surface area contributed by atoms with E-state index in [2.05, 4.69) is 10.3 Å². The maximum absolute atomic E-state index is 14.2. The number of fused-ring (bicyclic) bond motifs is 1. The van der Waals surface area contributed by atoms with Crippen LogP contribution in [0.4, 0.5) is 17.6 Å². The standard InChI is InChI=1S/C28H26ClF4N3O4S/c1-2-41(39,40)22-6-7-24(34-15-22)25(16-37)35-27(38)18-4-8-26-19(11-18)13-21(36(26)10-9-30)12-17-3-5-20(29)14-23(17)28(31,32)33/h3-8,11,13-15,25,37H,2,9-10,12,16H2,1H3,(H,35,38)/i9D2. The van der Waals surface area contributed by atoms with E-state index in [4.69, 9.17) is 14.3 Å². The summed E-state index contributed by atoms with van der Waals surface area (Å²) in [5.74, 6) is -0.778. The Labute approximate surface area is 241 Å². The Morgan fingerprint density at radius 1 is 1.17 bits per heavy atom. The molecule has 0 aliphatic carbocycles. The number of sulfone groups is 1. The summed E-state index contributed by atoms with van der Waals surface area (Å²) < 4.78 is 95.5. The Balaban J connectivity index is 1.67. The molecule has 0 fully saturated rings. The molecule has 13 heteroatoms. The highest BCUT2D eigenvalue weighted by Crippen LogP contribution is 2.35. The molecule has 4 aromatic rings. The highest BCUT2D eigenvalue weighted by molar-refractivity contribution is 7.91. The van der Waals surface area contributed by atoms with Gasteiger partial charge in [0.25, 0.3) is 5.91 Å². The molecule has 2 aromatic carbocycles. The number of alkyl halides is 4. The summed E-state index contributed by atoms with van der Waals surface area (Å²) in [7, 11) is -3.50. The van der Waals surface area contributed by atoms with Crippen LogP contribution >= 0.6 is 11.6 Å². The molecule has 0 aliphatic heterocycles. The summed E-state index contributed by atoms with van der Waals surface area (Å²) in [4.78, 5) is 17.1. The lowest BCUT2D eigenvalue weighted by atomic mass is 10.0. The molecule has 0 saturated heterocycles. The van der Waals surface area contributed by atoms with Crippen LogP contribution in [0.15, 0.2) is 65.7 Å². The van der Waals surface area contributed by atoms with Gasteiger partial charge in [0, 0.05) is 39.8 Å². The Hall–Kier alpha value is -3.48. The second-order valence-corrected chi connectivity index (χ2v) is 11.9. The van der Waals surface area contributed by atoms with Gasteiger partial charge in [-0.25, -0.2) is 12.8 Å². The molecule has 0 radical (unpaired) electrons. The van der Waals surface area contributed by atoms with Gasteiger partial charge in [0.1, 0.15) is 6.63 Å². The van der Waals surface area contributed by atoms with Gasteiger partial charge >= 0.3 is 6.18 Å². The lowest BCUT2D eigenvalue weighted by molar-refractivity contribution is -0.138. The zero-order chi connectivity index (χ0) is 31.7. The van der Waals surface area contributed by atoms with E-state index in [0.29, 0.717) is 5.39 Å². The molecular formula is C28H26ClF4N3O4S. The lowest BCUT2D eigenvalue weighted by Gasteiger charge is -2.16. The fraction of sp³-hybridized carbons (Fsp3) is 0.286. The number of hydrogen-bond donors (Lipinski definition) is 2. The molecule has 1 unspecified atom stereocenters. The molecule has 0 bridgehead atoms. The monoisotopic (exact) mass is 613 g/mol. The Morgan fingerprint density at radius 3 is 2.54 bits per heavy atom. The number of aryl methyl sites for hydroxylation is 1. The van der Waals surface area contributed by atoms with E-state index in [1.54, 1.807) is 0 Å². The van der Waals surface area contributed by atoms with Gasteiger partial charge in [0.15, 0.2) is 9.84 Å². The Bertz CT molecular complexity index is 1760. The van der Waals surface area contributed by atoms with Gasteiger partial charge in [-0.3, -0.25) is 9.78 Å². The van der Waals surface area contributed by atoms with E-state index in [-0.39, 0.29) is 50.1 Å². The van der Waals surface area contributed by atoms with Gasteiger partial charge in [0.05, 0.1) is 43.8 Å². The van der Waals surface area contributed by atoms with Crippen LogP contribution in [0, 0.1) is 0 Å². The van der Waals surface area contributed by atoms with Crippen LogP contribution in [0.1, 0.15) is 48.6 Å². The van der Waals surface area contributed by atoms with E-state index in [0.717, 1.165) is 12.3 Å². The molecule has 0 saturated carbocycles. The van der Waals surface area contributed by atoms with Crippen molar-refractivity contribution in [2.24, 2.45) is 0 Å². The first kappa shape index (κ1) is 27.7. The first-order valence-corrected chi connectivity index (χ1v) is 14.3. The highest BCUT2D eigenvalue weighted by Gasteiger charge is 2.33. The van der Waals surface area contributed by atoms with Crippen LogP contribution in [0.3, 0.4) is 0 Å². The summed E-state index contributed by atoms with van der Waals surface area (Å²) in [6.45, 7) is -3.08. The minimum Gasteiger partial charge on any atom is -0.394 e. The van der Waals surface area contributed by atoms with Gasteiger partial charge in [-0.2, -0.15) is 13.2 Å². The summed E-state index contributed by atoms with van der Waals surface area (Å²) in [6, 6.07) is 10.6. The normalized spacial score (nSPS) is 14.0. The molecule has 2 heterocycles. The van der Waals surface area contributed by atoms with Crippen molar-refractivity contribution < 1.29 is 38.6 Å². The SMILES string of the molecule is [2H]C([2H])(F)Cn1c(Cc2ccc(Cl)cc2C(F)(F)F)cc2cc(C(=O)NC(CO)c3ccc(S(=O)(=O)CC)cn3)ccc21. The number of aromatic nitrogens is 2. The lowest BCUT2D eigenvalue weighted by Crippen LogP contribution is -2.31. The van der Waals surface area contributed by atoms with E-state index in [1.165, 1.54) is 60.0 Å². The summed E-state index contributed by atoms with van der Waals surface area (Å²) >= 11 is 5.79. The van der Waals surface area contributed by atoms with Gasteiger partial charge in [0.2, 0.25) is 0 Å². The third-order valence-electron chi connectivity index (χ3n) is 6.56. The van der Waals surface area contributed by atoms with Crippen molar-refractivity contribution in [2.45, 2.75) is 37.0 Å². The number of hydrogen-bond acceptors (Lipinski definition) is 5. The predicted octanol–water partition coefficient (Wildman–Crippen LogP) is 5.53. The number of carbonyl (C=O) groups is 1. The zero-order valence-electron chi connectivity index (χ0n) is 23.5. The maximum atomic E-state index is 14.2. The third kappa shape index (κ3) is 6.71. The number of nitrogens with zero attached hydrogens (tertiary/aromatic N) is 2. The molecule has 0 aliphatic rings. The second kappa shape index (κ2) is 12.2. The number of benzene rings is 2. The third-order valence-corrected chi connectivity index (χ3v) is 8.51. The van der Waals surface area contributed by atoms with Crippen molar-refractivity contribution in [1.82, 2.24) is 14.9 Å². The van der Waals surface area contributed by atoms with E-state index < -0.39 is 53.3 Å².